The van der Waals surface area contributed by atoms with E-state index in [4.69, 9.17) is 27.9 Å². The SMILES string of the molecule is COC(=O)[C@H](Cc1ccc(NC(=O)c2c(Cl)cccc2Cl)cc1)NC(=O)Nc1c(Br)cc(Br)cc1C(=O)N(C)C1CCCCC1. The quantitative estimate of drug-likeness (QED) is 0.190. The van der Waals surface area contributed by atoms with Crippen molar-refractivity contribution in [3.05, 3.63) is 90.3 Å². The van der Waals surface area contributed by atoms with Crippen LogP contribution in [0.4, 0.5) is 16.2 Å². The summed E-state index contributed by atoms with van der Waals surface area (Å²) in [6, 6.07) is 13.3. The predicted octanol–water partition coefficient (Wildman–Crippen LogP) is 8.08. The Labute approximate surface area is 288 Å². The summed E-state index contributed by atoms with van der Waals surface area (Å²) in [7, 11) is 3.02. The number of nitrogens with zero attached hydrogens (tertiary/aromatic N) is 1. The number of benzene rings is 3. The first-order chi connectivity index (χ1) is 21.5. The van der Waals surface area contributed by atoms with Crippen molar-refractivity contribution in [1.29, 1.82) is 0 Å². The number of esters is 1. The van der Waals surface area contributed by atoms with E-state index in [1.54, 1.807) is 66.5 Å². The van der Waals surface area contributed by atoms with E-state index in [1.165, 1.54) is 7.11 Å². The Kier molecular flexibility index (Phi) is 12.3. The minimum absolute atomic E-state index is 0.0996. The second-order valence-electron chi connectivity index (χ2n) is 10.6. The summed E-state index contributed by atoms with van der Waals surface area (Å²) < 4.78 is 6.11. The molecule has 0 heterocycles. The molecule has 0 radical (unpaired) electrons. The molecule has 45 heavy (non-hydrogen) atoms. The van der Waals surface area contributed by atoms with Gasteiger partial charge in [0.1, 0.15) is 6.04 Å². The molecule has 4 rings (SSSR count). The molecule has 13 heteroatoms. The molecule has 0 saturated heterocycles. The number of nitrogens with one attached hydrogen (secondary N) is 3. The molecule has 0 aliphatic heterocycles. The van der Waals surface area contributed by atoms with Crippen molar-refractivity contribution in [2.24, 2.45) is 0 Å². The third-order valence-electron chi connectivity index (χ3n) is 7.60. The van der Waals surface area contributed by atoms with Gasteiger partial charge in [-0.1, -0.05) is 76.6 Å². The number of halogens is 4. The van der Waals surface area contributed by atoms with Gasteiger partial charge in [-0.2, -0.15) is 0 Å². The molecule has 238 valence electrons. The van der Waals surface area contributed by atoms with Gasteiger partial charge in [0.05, 0.1) is 34.0 Å². The van der Waals surface area contributed by atoms with Crippen LogP contribution in [-0.4, -0.2) is 55.0 Å². The zero-order valence-corrected chi connectivity index (χ0v) is 29.3. The van der Waals surface area contributed by atoms with Crippen LogP contribution >= 0.6 is 55.1 Å². The number of carbonyl (C=O) groups excluding carboxylic acids is 4. The van der Waals surface area contributed by atoms with Crippen molar-refractivity contribution in [3.63, 3.8) is 0 Å². The first kappa shape index (κ1) is 34.7. The van der Waals surface area contributed by atoms with Crippen LogP contribution in [-0.2, 0) is 16.0 Å². The zero-order valence-electron chi connectivity index (χ0n) is 24.6. The summed E-state index contributed by atoms with van der Waals surface area (Å²) in [6.07, 6.45) is 5.27. The number of rotatable bonds is 9. The fourth-order valence-corrected chi connectivity index (χ4v) is 7.10. The number of hydrogen-bond donors (Lipinski definition) is 3. The standard InChI is InChI=1S/C32H32Br2Cl2N4O5/c1-40(21-7-4-3-5-8-21)30(42)22-16-19(33)17-23(34)28(22)39-32(44)38-26(31(43)45-2)15-18-11-13-20(14-12-18)37-29(41)27-24(35)9-6-10-25(27)36/h6,9-14,16-17,21,26H,3-5,7-8,15H2,1-2H3,(H,37,41)(H2,38,39,44)/t26-/m0/s1. The number of ether oxygens (including phenoxy) is 1. The molecule has 1 aliphatic rings. The van der Waals surface area contributed by atoms with Gasteiger partial charge in [-0.3, -0.25) is 9.59 Å². The molecule has 1 fully saturated rings. The number of anilines is 2. The molecular formula is C32H32Br2Cl2N4O5. The number of amides is 4. The Bertz CT molecular complexity index is 1560. The van der Waals surface area contributed by atoms with Gasteiger partial charge >= 0.3 is 12.0 Å². The number of methoxy groups -OCH3 is 1. The van der Waals surface area contributed by atoms with Gasteiger partial charge < -0.3 is 25.6 Å². The highest BCUT2D eigenvalue weighted by Gasteiger charge is 2.28. The van der Waals surface area contributed by atoms with Crippen molar-refractivity contribution in [2.75, 3.05) is 24.8 Å². The molecule has 0 spiro atoms. The van der Waals surface area contributed by atoms with E-state index in [-0.39, 0.29) is 39.7 Å². The van der Waals surface area contributed by atoms with E-state index in [2.05, 4.69) is 47.8 Å². The van der Waals surface area contributed by atoms with E-state index >= 15 is 0 Å². The lowest BCUT2D eigenvalue weighted by molar-refractivity contribution is -0.142. The van der Waals surface area contributed by atoms with Gasteiger partial charge in [0, 0.05) is 34.1 Å². The van der Waals surface area contributed by atoms with Crippen LogP contribution in [0.15, 0.2) is 63.5 Å². The van der Waals surface area contributed by atoms with E-state index in [0.29, 0.717) is 25.8 Å². The van der Waals surface area contributed by atoms with E-state index < -0.39 is 23.9 Å². The highest BCUT2D eigenvalue weighted by molar-refractivity contribution is 9.11. The molecule has 0 unspecified atom stereocenters. The summed E-state index contributed by atoms with van der Waals surface area (Å²) in [6.45, 7) is 0. The summed E-state index contributed by atoms with van der Waals surface area (Å²) in [4.78, 5) is 53.9. The number of urea groups is 1. The minimum Gasteiger partial charge on any atom is -0.467 e. The molecule has 9 nitrogen and oxygen atoms in total. The van der Waals surface area contributed by atoms with Gasteiger partial charge in [0.15, 0.2) is 0 Å². The zero-order chi connectivity index (χ0) is 32.7. The van der Waals surface area contributed by atoms with Crippen LogP contribution in [0.1, 0.15) is 58.4 Å². The summed E-state index contributed by atoms with van der Waals surface area (Å²) in [5.74, 6) is -1.34. The second kappa shape index (κ2) is 15.9. The van der Waals surface area contributed by atoms with Crippen LogP contribution in [0.5, 0.6) is 0 Å². The molecule has 0 aromatic heterocycles. The Morgan fingerprint density at radius 2 is 1.60 bits per heavy atom. The molecular weight excluding hydrogens is 751 g/mol. The average molecular weight is 783 g/mol. The van der Waals surface area contributed by atoms with E-state index in [1.807, 2.05) is 0 Å². The molecule has 1 aliphatic carbocycles. The minimum atomic E-state index is -1.05. The largest absolute Gasteiger partial charge is 0.467 e. The monoisotopic (exact) mass is 780 g/mol. The Morgan fingerprint density at radius 3 is 2.22 bits per heavy atom. The maximum atomic E-state index is 13.6. The maximum Gasteiger partial charge on any atom is 0.328 e. The average Bonchev–Trinajstić information content (AvgIpc) is 3.02. The fourth-order valence-electron chi connectivity index (χ4n) is 5.21. The van der Waals surface area contributed by atoms with E-state index in [9.17, 15) is 19.2 Å². The van der Waals surface area contributed by atoms with Gasteiger partial charge in [0.25, 0.3) is 11.8 Å². The van der Waals surface area contributed by atoms with Gasteiger partial charge in [0.2, 0.25) is 0 Å². The van der Waals surface area contributed by atoms with Crippen LogP contribution in [0.25, 0.3) is 0 Å². The fraction of sp³-hybridized carbons (Fsp3) is 0.312. The smallest absolute Gasteiger partial charge is 0.328 e. The molecule has 0 bridgehead atoms. The molecule has 3 N–H and O–H groups in total. The molecule has 3 aromatic rings. The normalized spacial score (nSPS) is 13.8. The third-order valence-corrected chi connectivity index (χ3v) is 9.31. The van der Waals surface area contributed by atoms with Crippen molar-refractivity contribution in [3.8, 4) is 0 Å². The van der Waals surface area contributed by atoms with Crippen LogP contribution in [0.3, 0.4) is 0 Å². The lowest BCUT2D eigenvalue weighted by Gasteiger charge is -2.32. The third kappa shape index (κ3) is 9.00. The van der Waals surface area contributed by atoms with Gasteiger partial charge in [-0.15, -0.1) is 0 Å². The van der Waals surface area contributed by atoms with Crippen molar-refractivity contribution in [1.82, 2.24) is 10.2 Å². The predicted molar refractivity (Wildman–Crippen MR) is 183 cm³/mol. The Hall–Kier alpha value is -3.12. The molecule has 1 saturated carbocycles. The summed E-state index contributed by atoms with van der Waals surface area (Å²) >= 11 is 19.2. The number of hydrogen-bond acceptors (Lipinski definition) is 5. The topological polar surface area (TPSA) is 117 Å². The lowest BCUT2D eigenvalue weighted by Crippen LogP contribution is -2.45. The van der Waals surface area contributed by atoms with Crippen molar-refractivity contribution >= 4 is 90.3 Å². The lowest BCUT2D eigenvalue weighted by atomic mass is 9.94. The summed E-state index contributed by atoms with van der Waals surface area (Å²) in [5, 5.41) is 8.62. The Morgan fingerprint density at radius 1 is 0.956 bits per heavy atom. The first-order valence-electron chi connectivity index (χ1n) is 14.2. The highest BCUT2D eigenvalue weighted by Crippen LogP contribution is 2.33. The van der Waals surface area contributed by atoms with Crippen LogP contribution in [0, 0.1) is 0 Å². The Balaban J connectivity index is 1.45. The molecule has 3 aromatic carbocycles. The van der Waals surface area contributed by atoms with Crippen LogP contribution < -0.4 is 16.0 Å². The first-order valence-corrected chi connectivity index (χ1v) is 16.6. The summed E-state index contributed by atoms with van der Waals surface area (Å²) in [5.41, 5.74) is 1.93. The molecule has 4 amide bonds. The second-order valence-corrected chi connectivity index (χ2v) is 13.2. The van der Waals surface area contributed by atoms with Gasteiger partial charge in [-0.05, 0) is 70.7 Å². The number of carbonyl (C=O) groups is 4. The maximum absolute atomic E-state index is 13.6. The van der Waals surface area contributed by atoms with Gasteiger partial charge in [-0.25, -0.2) is 9.59 Å². The van der Waals surface area contributed by atoms with Crippen molar-refractivity contribution < 1.29 is 23.9 Å². The van der Waals surface area contributed by atoms with E-state index in [0.717, 1.165) is 32.1 Å². The van der Waals surface area contributed by atoms with Crippen LogP contribution in [0.2, 0.25) is 10.0 Å². The van der Waals surface area contributed by atoms with Crippen molar-refractivity contribution in [2.45, 2.75) is 50.6 Å². The molecule has 1 atom stereocenters. The highest BCUT2D eigenvalue weighted by atomic mass is 79.9.